The first-order valence-electron chi connectivity index (χ1n) is 5.32. The van der Waals surface area contributed by atoms with Crippen LogP contribution in [0.2, 0.25) is 13.3 Å². The SMILES string of the molecule is C[CH2][Sn]([CH]=CC(C)(C)O)([CH2]C)[CH2]C. The number of rotatable bonds is 5. The van der Waals surface area contributed by atoms with Gasteiger partial charge in [-0.25, -0.2) is 0 Å². The van der Waals surface area contributed by atoms with Gasteiger partial charge in [0.25, 0.3) is 0 Å². The molecule has 0 unspecified atom stereocenters. The molecule has 0 spiro atoms. The summed E-state index contributed by atoms with van der Waals surface area (Å²) in [5.41, 5.74) is -0.623. The molecule has 2 heteroatoms. The zero-order valence-electron chi connectivity index (χ0n) is 9.72. The van der Waals surface area contributed by atoms with Gasteiger partial charge in [0.2, 0.25) is 0 Å². The van der Waals surface area contributed by atoms with Gasteiger partial charge < -0.3 is 0 Å². The molecule has 0 bridgehead atoms. The molecule has 0 aliphatic rings. The van der Waals surface area contributed by atoms with E-state index in [0.717, 1.165) is 0 Å². The summed E-state index contributed by atoms with van der Waals surface area (Å²) in [7, 11) is 0. The summed E-state index contributed by atoms with van der Waals surface area (Å²) in [5.74, 6) is 0. The molecule has 1 nitrogen and oxygen atoms in total. The predicted molar refractivity (Wildman–Crippen MR) is 62.6 cm³/mol. The van der Waals surface area contributed by atoms with E-state index in [-0.39, 0.29) is 0 Å². The van der Waals surface area contributed by atoms with Crippen molar-refractivity contribution in [1.29, 1.82) is 0 Å². The van der Waals surface area contributed by atoms with Crippen molar-refractivity contribution < 1.29 is 5.11 Å². The molecule has 0 radical (unpaired) electrons. The molecular formula is C11H24OSn. The van der Waals surface area contributed by atoms with Crippen molar-refractivity contribution in [2.75, 3.05) is 0 Å². The van der Waals surface area contributed by atoms with Crippen LogP contribution in [0.4, 0.5) is 0 Å². The number of aliphatic hydroxyl groups is 1. The third kappa shape index (κ3) is 5.06. The second kappa shape index (κ2) is 5.40. The van der Waals surface area contributed by atoms with Crippen LogP contribution in [0.15, 0.2) is 10.2 Å². The maximum atomic E-state index is 9.61. The van der Waals surface area contributed by atoms with Crippen LogP contribution in [-0.4, -0.2) is 29.1 Å². The van der Waals surface area contributed by atoms with Crippen molar-refractivity contribution in [2.45, 2.75) is 53.5 Å². The van der Waals surface area contributed by atoms with Crippen LogP contribution < -0.4 is 0 Å². The van der Waals surface area contributed by atoms with Crippen LogP contribution in [-0.2, 0) is 0 Å². The molecular weight excluding hydrogens is 267 g/mol. The summed E-state index contributed by atoms with van der Waals surface area (Å²) in [6.45, 7) is 10.6. The number of hydrogen-bond acceptors (Lipinski definition) is 1. The summed E-state index contributed by atoms with van der Waals surface area (Å²) >= 11 is -1.91. The summed E-state index contributed by atoms with van der Waals surface area (Å²) in [5, 5.41) is 9.61. The fraction of sp³-hybridized carbons (Fsp3) is 0.818. The molecule has 0 saturated carbocycles. The fourth-order valence-corrected chi connectivity index (χ4v) is 9.96. The first-order valence-corrected chi connectivity index (χ1v) is 13.0. The molecule has 0 heterocycles. The summed E-state index contributed by atoms with van der Waals surface area (Å²) < 4.78 is 6.46. The van der Waals surface area contributed by atoms with Crippen LogP contribution in [0, 0.1) is 0 Å². The van der Waals surface area contributed by atoms with Crippen molar-refractivity contribution in [3.8, 4) is 0 Å². The predicted octanol–water partition coefficient (Wildman–Crippen LogP) is 3.36. The number of hydrogen-bond donors (Lipinski definition) is 1. The van der Waals surface area contributed by atoms with Gasteiger partial charge >= 0.3 is 87.2 Å². The van der Waals surface area contributed by atoms with Crippen LogP contribution in [0.1, 0.15) is 34.6 Å². The van der Waals surface area contributed by atoms with Crippen LogP contribution in [0.25, 0.3) is 0 Å². The molecule has 1 N–H and O–H groups in total. The van der Waals surface area contributed by atoms with E-state index in [1.807, 2.05) is 19.9 Å². The molecule has 0 atom stereocenters. The average molecular weight is 291 g/mol. The molecule has 0 fully saturated rings. The minimum atomic E-state index is -1.91. The Labute approximate surface area is 87.1 Å². The summed E-state index contributed by atoms with van der Waals surface area (Å²) in [6, 6.07) is 0. The Balaban J connectivity index is 4.51. The zero-order valence-corrected chi connectivity index (χ0v) is 12.6. The van der Waals surface area contributed by atoms with Crippen molar-refractivity contribution in [3.63, 3.8) is 0 Å². The van der Waals surface area contributed by atoms with Crippen LogP contribution in [0.5, 0.6) is 0 Å². The molecule has 0 amide bonds. The normalized spacial score (nSPS) is 14.0. The molecule has 0 aromatic carbocycles. The van der Waals surface area contributed by atoms with E-state index < -0.39 is 24.0 Å². The van der Waals surface area contributed by atoms with E-state index in [0.29, 0.717) is 0 Å². The molecule has 0 aromatic heterocycles. The van der Waals surface area contributed by atoms with E-state index in [9.17, 15) is 5.11 Å². The summed E-state index contributed by atoms with van der Waals surface area (Å²) in [4.78, 5) is 0. The topological polar surface area (TPSA) is 20.2 Å². The molecule has 0 aliphatic heterocycles. The van der Waals surface area contributed by atoms with Gasteiger partial charge in [-0.1, -0.05) is 0 Å². The molecule has 78 valence electrons. The Morgan fingerprint density at radius 3 is 1.69 bits per heavy atom. The van der Waals surface area contributed by atoms with Gasteiger partial charge in [0.15, 0.2) is 0 Å². The van der Waals surface area contributed by atoms with Gasteiger partial charge in [-0.05, 0) is 0 Å². The standard InChI is InChI=1S/C5H9O.3C2H5.Sn/c1-4-5(2,3)6;3*1-2;/h1,4,6H,2-3H3;3*1H2,2H3;. The van der Waals surface area contributed by atoms with E-state index in [1.54, 1.807) is 0 Å². The van der Waals surface area contributed by atoms with Gasteiger partial charge in [0, 0.05) is 0 Å². The molecule has 0 aliphatic carbocycles. The Bertz CT molecular complexity index is 155. The van der Waals surface area contributed by atoms with E-state index in [4.69, 9.17) is 0 Å². The Hall–Kier alpha value is 0.499. The first kappa shape index (κ1) is 13.5. The molecule has 0 rings (SSSR count). The van der Waals surface area contributed by atoms with Crippen LogP contribution in [0.3, 0.4) is 0 Å². The summed E-state index contributed by atoms with van der Waals surface area (Å²) in [6.07, 6.45) is 2.01. The van der Waals surface area contributed by atoms with Gasteiger partial charge in [-0.3, -0.25) is 0 Å². The molecule has 0 aromatic rings. The van der Waals surface area contributed by atoms with Crippen molar-refractivity contribution in [1.82, 2.24) is 0 Å². The van der Waals surface area contributed by atoms with Gasteiger partial charge in [0.1, 0.15) is 0 Å². The zero-order chi connectivity index (χ0) is 10.5. The van der Waals surface area contributed by atoms with E-state index >= 15 is 0 Å². The van der Waals surface area contributed by atoms with Gasteiger partial charge in [0.05, 0.1) is 0 Å². The van der Waals surface area contributed by atoms with Crippen molar-refractivity contribution in [3.05, 3.63) is 10.2 Å². The average Bonchev–Trinajstić information content (AvgIpc) is 2.06. The van der Waals surface area contributed by atoms with Gasteiger partial charge in [-0.15, -0.1) is 0 Å². The first-order chi connectivity index (χ1) is 5.89. The van der Waals surface area contributed by atoms with Crippen molar-refractivity contribution >= 4 is 18.4 Å². The van der Waals surface area contributed by atoms with Gasteiger partial charge in [-0.2, -0.15) is 0 Å². The third-order valence-corrected chi connectivity index (χ3v) is 17.5. The third-order valence-electron chi connectivity index (χ3n) is 2.96. The maximum absolute atomic E-state index is 9.61. The second-order valence-electron chi connectivity index (χ2n) is 4.41. The van der Waals surface area contributed by atoms with E-state index in [2.05, 4.69) is 24.9 Å². The minimum absolute atomic E-state index is 0.623. The molecule has 13 heavy (non-hydrogen) atoms. The van der Waals surface area contributed by atoms with Crippen molar-refractivity contribution in [2.24, 2.45) is 0 Å². The Morgan fingerprint density at radius 1 is 1.08 bits per heavy atom. The van der Waals surface area contributed by atoms with E-state index in [1.165, 1.54) is 13.3 Å². The fourth-order valence-electron chi connectivity index (χ4n) is 1.48. The monoisotopic (exact) mass is 292 g/mol. The van der Waals surface area contributed by atoms with Crippen LogP contribution >= 0.6 is 0 Å². The second-order valence-corrected chi connectivity index (χ2v) is 19.2. The molecule has 0 saturated heterocycles. The quantitative estimate of drug-likeness (QED) is 0.770. The Kier molecular flexibility index (Phi) is 5.60. The Morgan fingerprint density at radius 2 is 1.46 bits per heavy atom.